The van der Waals surface area contributed by atoms with Crippen LogP contribution in [0.5, 0.6) is 0 Å². The first-order valence-electron chi connectivity index (χ1n) is 7.11. The van der Waals surface area contributed by atoms with Crippen molar-refractivity contribution in [1.29, 1.82) is 0 Å². The maximum atomic E-state index is 12.3. The summed E-state index contributed by atoms with van der Waals surface area (Å²) in [7, 11) is 0. The number of carbonyl (C=O) groups excluding carboxylic acids is 1. The fraction of sp³-hybridized carbons (Fsp3) is 0.250. The van der Waals surface area contributed by atoms with Crippen LogP contribution in [0.2, 0.25) is 0 Å². The van der Waals surface area contributed by atoms with Crippen LogP contribution in [0.25, 0.3) is 11.3 Å². The number of amides is 1. The molecule has 0 saturated carbocycles. The van der Waals surface area contributed by atoms with Crippen molar-refractivity contribution in [1.82, 2.24) is 10.5 Å². The Morgan fingerprint density at radius 3 is 3.09 bits per heavy atom. The van der Waals surface area contributed by atoms with Crippen LogP contribution in [0.4, 0.5) is 0 Å². The van der Waals surface area contributed by atoms with Crippen molar-refractivity contribution in [3.05, 3.63) is 51.2 Å². The van der Waals surface area contributed by atoms with Gasteiger partial charge in [0.15, 0.2) is 11.5 Å². The van der Waals surface area contributed by atoms with Crippen molar-refractivity contribution >= 4 is 17.2 Å². The molecule has 3 heterocycles. The minimum Gasteiger partial charge on any atom is -0.465 e. The van der Waals surface area contributed by atoms with Crippen LogP contribution >= 0.6 is 11.3 Å². The minimum absolute atomic E-state index is 0.224. The summed E-state index contributed by atoms with van der Waals surface area (Å²) in [6.45, 7) is 2.22. The number of aromatic nitrogens is 1. The highest BCUT2D eigenvalue weighted by molar-refractivity contribution is 7.10. The van der Waals surface area contributed by atoms with Crippen molar-refractivity contribution in [3.8, 4) is 11.3 Å². The van der Waals surface area contributed by atoms with Crippen LogP contribution in [-0.2, 0) is 19.4 Å². The minimum atomic E-state index is -0.224. The number of furan rings is 1. The second kappa shape index (κ2) is 5.14. The van der Waals surface area contributed by atoms with Gasteiger partial charge in [-0.15, -0.1) is 11.3 Å². The summed E-state index contributed by atoms with van der Waals surface area (Å²) < 4.78 is 10.9. The molecule has 0 unspecified atom stereocenters. The summed E-state index contributed by atoms with van der Waals surface area (Å²) in [5, 5.41) is 8.85. The molecule has 0 aromatic carbocycles. The maximum absolute atomic E-state index is 12.3. The molecule has 0 radical (unpaired) electrons. The SMILES string of the molecule is Cc1ccc(CNC(=O)c2noc3c2CCc2sccc2-3)o1. The van der Waals surface area contributed by atoms with Gasteiger partial charge in [-0.05, 0) is 43.3 Å². The summed E-state index contributed by atoms with van der Waals surface area (Å²) in [5.41, 5.74) is 2.36. The second-order valence-corrected chi connectivity index (χ2v) is 6.29. The van der Waals surface area contributed by atoms with Gasteiger partial charge in [0.2, 0.25) is 0 Å². The number of aryl methyl sites for hydroxylation is 2. The Morgan fingerprint density at radius 2 is 2.27 bits per heavy atom. The highest BCUT2D eigenvalue weighted by Crippen LogP contribution is 2.37. The average Bonchev–Trinajstić information content (AvgIpc) is 3.22. The summed E-state index contributed by atoms with van der Waals surface area (Å²) in [6, 6.07) is 5.75. The zero-order chi connectivity index (χ0) is 15.1. The van der Waals surface area contributed by atoms with Crippen LogP contribution in [0.15, 0.2) is 32.5 Å². The van der Waals surface area contributed by atoms with E-state index in [9.17, 15) is 4.79 Å². The molecule has 22 heavy (non-hydrogen) atoms. The molecule has 3 aromatic rings. The predicted octanol–water partition coefficient (Wildman–Crippen LogP) is 3.33. The Labute approximate surface area is 130 Å². The molecule has 0 aliphatic heterocycles. The molecule has 112 valence electrons. The van der Waals surface area contributed by atoms with Gasteiger partial charge in [0.05, 0.1) is 6.54 Å². The smallest absolute Gasteiger partial charge is 0.274 e. The number of fused-ring (bicyclic) bond motifs is 3. The number of thiophene rings is 1. The number of rotatable bonds is 3. The topological polar surface area (TPSA) is 68.3 Å². The standard InChI is InChI=1S/C16H14N2O3S/c1-9-2-3-10(20-9)8-17-16(19)14-12-4-5-13-11(6-7-22-13)15(12)21-18-14/h2-3,6-7H,4-5,8H2,1H3,(H,17,19). The first kappa shape index (κ1) is 13.3. The normalized spacial score (nSPS) is 12.8. The third-order valence-electron chi connectivity index (χ3n) is 3.81. The van der Waals surface area contributed by atoms with Gasteiger partial charge in [0, 0.05) is 16.0 Å². The lowest BCUT2D eigenvalue weighted by atomic mass is 9.95. The van der Waals surface area contributed by atoms with Crippen molar-refractivity contribution in [2.24, 2.45) is 0 Å². The van der Waals surface area contributed by atoms with Gasteiger partial charge >= 0.3 is 0 Å². The summed E-state index contributed by atoms with van der Waals surface area (Å²) in [5.74, 6) is 2.07. The Bertz CT molecular complexity index is 843. The third-order valence-corrected chi connectivity index (χ3v) is 4.80. The molecule has 0 bridgehead atoms. The molecule has 6 heteroatoms. The third kappa shape index (κ3) is 2.16. The van der Waals surface area contributed by atoms with E-state index in [0.717, 1.165) is 41.2 Å². The maximum Gasteiger partial charge on any atom is 0.274 e. The van der Waals surface area contributed by atoms with Crippen molar-refractivity contribution < 1.29 is 13.7 Å². The summed E-state index contributed by atoms with van der Waals surface area (Å²) >= 11 is 1.72. The molecule has 4 rings (SSSR count). The van der Waals surface area contributed by atoms with Gasteiger partial charge in [-0.3, -0.25) is 4.79 Å². The molecular formula is C16H14N2O3S. The van der Waals surface area contributed by atoms with E-state index in [-0.39, 0.29) is 5.91 Å². The Balaban J connectivity index is 1.55. The monoisotopic (exact) mass is 314 g/mol. The van der Waals surface area contributed by atoms with Crippen LogP contribution in [0.1, 0.15) is 32.4 Å². The van der Waals surface area contributed by atoms with Gasteiger partial charge in [0.1, 0.15) is 11.5 Å². The Morgan fingerprint density at radius 1 is 1.36 bits per heavy atom. The van der Waals surface area contributed by atoms with E-state index in [1.807, 2.05) is 30.5 Å². The highest BCUT2D eigenvalue weighted by atomic mass is 32.1. The molecule has 0 atom stereocenters. The molecule has 0 fully saturated rings. The van der Waals surface area contributed by atoms with E-state index in [0.29, 0.717) is 12.2 Å². The first-order valence-corrected chi connectivity index (χ1v) is 7.99. The van der Waals surface area contributed by atoms with Crippen molar-refractivity contribution in [3.63, 3.8) is 0 Å². The lowest BCUT2D eigenvalue weighted by molar-refractivity contribution is 0.0938. The molecule has 3 aromatic heterocycles. The van der Waals surface area contributed by atoms with E-state index in [2.05, 4.69) is 10.5 Å². The van der Waals surface area contributed by atoms with Crippen molar-refractivity contribution in [2.75, 3.05) is 0 Å². The molecule has 1 aliphatic rings. The number of hydrogen-bond acceptors (Lipinski definition) is 5. The quantitative estimate of drug-likeness (QED) is 0.805. The fourth-order valence-corrected chi connectivity index (χ4v) is 3.61. The molecule has 0 spiro atoms. The van der Waals surface area contributed by atoms with E-state index in [1.165, 1.54) is 4.88 Å². The first-order chi connectivity index (χ1) is 10.7. The molecule has 0 saturated heterocycles. The van der Waals surface area contributed by atoms with E-state index >= 15 is 0 Å². The number of nitrogens with zero attached hydrogens (tertiary/aromatic N) is 1. The fourth-order valence-electron chi connectivity index (χ4n) is 2.74. The average molecular weight is 314 g/mol. The van der Waals surface area contributed by atoms with Gasteiger partial charge in [0.25, 0.3) is 5.91 Å². The second-order valence-electron chi connectivity index (χ2n) is 5.29. The molecule has 1 N–H and O–H groups in total. The lowest BCUT2D eigenvalue weighted by Gasteiger charge is -2.10. The van der Waals surface area contributed by atoms with Gasteiger partial charge in [-0.25, -0.2) is 0 Å². The zero-order valence-electron chi connectivity index (χ0n) is 12.0. The Kier molecular flexibility index (Phi) is 3.11. The van der Waals surface area contributed by atoms with E-state index < -0.39 is 0 Å². The van der Waals surface area contributed by atoms with Crippen LogP contribution < -0.4 is 5.32 Å². The van der Waals surface area contributed by atoms with Gasteiger partial charge in [-0.2, -0.15) is 0 Å². The molecular weight excluding hydrogens is 300 g/mol. The highest BCUT2D eigenvalue weighted by Gasteiger charge is 2.28. The van der Waals surface area contributed by atoms with Crippen LogP contribution in [-0.4, -0.2) is 11.1 Å². The summed E-state index contributed by atoms with van der Waals surface area (Å²) in [4.78, 5) is 13.6. The lowest BCUT2D eigenvalue weighted by Crippen LogP contribution is -2.24. The summed E-state index contributed by atoms with van der Waals surface area (Å²) in [6.07, 6.45) is 1.72. The van der Waals surface area contributed by atoms with Crippen LogP contribution in [0, 0.1) is 6.92 Å². The zero-order valence-corrected chi connectivity index (χ0v) is 12.8. The van der Waals surface area contributed by atoms with E-state index in [4.69, 9.17) is 8.94 Å². The van der Waals surface area contributed by atoms with Gasteiger partial charge in [-0.1, -0.05) is 5.16 Å². The van der Waals surface area contributed by atoms with E-state index in [1.54, 1.807) is 11.3 Å². The van der Waals surface area contributed by atoms with Crippen LogP contribution in [0.3, 0.4) is 0 Å². The number of nitrogens with one attached hydrogen (secondary N) is 1. The Hall–Kier alpha value is -2.34. The van der Waals surface area contributed by atoms with Crippen molar-refractivity contribution in [2.45, 2.75) is 26.3 Å². The predicted molar refractivity (Wildman–Crippen MR) is 81.8 cm³/mol. The molecule has 1 aliphatic carbocycles. The molecule has 5 nitrogen and oxygen atoms in total. The number of hydrogen-bond donors (Lipinski definition) is 1. The molecule has 1 amide bonds. The number of carbonyl (C=O) groups is 1. The van der Waals surface area contributed by atoms with Gasteiger partial charge < -0.3 is 14.3 Å². The largest absolute Gasteiger partial charge is 0.465 e.